The lowest BCUT2D eigenvalue weighted by atomic mass is 10.3. The lowest BCUT2D eigenvalue weighted by Crippen LogP contribution is -2.31. The van der Waals surface area contributed by atoms with Crippen molar-refractivity contribution in [2.24, 2.45) is 0 Å². The van der Waals surface area contributed by atoms with Crippen molar-refractivity contribution >= 4 is 10.0 Å². The first-order chi connectivity index (χ1) is 11.4. The predicted molar refractivity (Wildman–Crippen MR) is 80.5 cm³/mol. The Morgan fingerprint density at radius 2 is 1.83 bits per heavy atom. The van der Waals surface area contributed by atoms with Crippen LogP contribution in [0.3, 0.4) is 0 Å². The number of benzene rings is 2. The molecule has 4 nitrogen and oxygen atoms in total. The second-order valence-electron chi connectivity index (χ2n) is 5.40. The van der Waals surface area contributed by atoms with Crippen molar-refractivity contribution in [1.29, 1.82) is 0 Å². The van der Waals surface area contributed by atoms with E-state index in [1.54, 1.807) is 6.07 Å². The molecule has 0 N–H and O–H groups in total. The Bertz CT molecular complexity index is 857. The number of hydrogen-bond acceptors (Lipinski definition) is 3. The second-order valence-corrected chi connectivity index (χ2v) is 7.31. The summed E-state index contributed by atoms with van der Waals surface area (Å²) in [6.45, 7) is 0.0903. The highest BCUT2D eigenvalue weighted by Gasteiger charge is 2.35. The summed E-state index contributed by atoms with van der Waals surface area (Å²) >= 11 is 0. The molecule has 1 fully saturated rings. The van der Waals surface area contributed by atoms with Crippen LogP contribution in [0.4, 0.5) is 13.2 Å². The molecule has 0 radical (unpaired) electrons. The number of nitrogens with zero attached hydrogens (tertiary/aromatic N) is 1. The molecule has 0 aromatic heterocycles. The van der Waals surface area contributed by atoms with Crippen LogP contribution in [0.15, 0.2) is 47.4 Å². The summed E-state index contributed by atoms with van der Waals surface area (Å²) in [7, 11) is -4.16. The highest BCUT2D eigenvalue weighted by Crippen LogP contribution is 2.26. The largest absolute Gasteiger partial charge is 0.489 e. The van der Waals surface area contributed by atoms with E-state index in [9.17, 15) is 21.6 Å². The van der Waals surface area contributed by atoms with Crippen LogP contribution in [0.25, 0.3) is 0 Å². The average Bonchev–Trinajstić information content (AvgIpc) is 2.99. The van der Waals surface area contributed by atoms with Crippen molar-refractivity contribution in [2.75, 3.05) is 13.1 Å². The molecule has 128 valence electrons. The summed E-state index contributed by atoms with van der Waals surface area (Å²) in [6.07, 6.45) is -0.120. The molecule has 0 bridgehead atoms. The third-order valence-electron chi connectivity index (χ3n) is 3.74. The normalized spacial score (nSPS) is 18.7. The van der Waals surface area contributed by atoms with E-state index in [4.69, 9.17) is 4.74 Å². The number of ether oxygens (including phenoxy) is 1. The predicted octanol–water partition coefficient (Wildman–Crippen LogP) is 2.95. The topological polar surface area (TPSA) is 46.6 Å². The van der Waals surface area contributed by atoms with Crippen LogP contribution in [0.2, 0.25) is 0 Å². The molecule has 1 aliphatic heterocycles. The van der Waals surface area contributed by atoms with Crippen LogP contribution >= 0.6 is 0 Å². The number of hydrogen-bond donors (Lipinski definition) is 0. The van der Waals surface area contributed by atoms with Gasteiger partial charge >= 0.3 is 0 Å². The molecule has 0 amide bonds. The SMILES string of the molecule is O=S(=O)(c1cccc(F)c1F)N1CCC(Oc2cccc(F)c2)C1. The molecule has 24 heavy (non-hydrogen) atoms. The van der Waals surface area contributed by atoms with E-state index < -0.39 is 38.5 Å². The first-order valence-electron chi connectivity index (χ1n) is 7.24. The minimum Gasteiger partial charge on any atom is -0.489 e. The van der Waals surface area contributed by atoms with Gasteiger partial charge in [0, 0.05) is 12.6 Å². The highest BCUT2D eigenvalue weighted by atomic mass is 32.2. The van der Waals surface area contributed by atoms with Gasteiger partial charge in [0.15, 0.2) is 11.6 Å². The molecule has 0 spiro atoms. The van der Waals surface area contributed by atoms with Crippen molar-refractivity contribution < 1.29 is 26.3 Å². The Labute approximate surface area is 137 Å². The summed E-state index contributed by atoms with van der Waals surface area (Å²) < 4.78 is 71.7. The zero-order chi connectivity index (χ0) is 17.3. The summed E-state index contributed by atoms with van der Waals surface area (Å²) in [5.74, 6) is -2.79. The van der Waals surface area contributed by atoms with Gasteiger partial charge in [0.25, 0.3) is 0 Å². The van der Waals surface area contributed by atoms with Crippen LogP contribution in [0.1, 0.15) is 6.42 Å². The van der Waals surface area contributed by atoms with Crippen molar-refractivity contribution in [3.05, 3.63) is 59.9 Å². The van der Waals surface area contributed by atoms with E-state index in [1.165, 1.54) is 18.2 Å². The monoisotopic (exact) mass is 357 g/mol. The van der Waals surface area contributed by atoms with E-state index in [1.807, 2.05) is 0 Å². The van der Waals surface area contributed by atoms with Crippen LogP contribution < -0.4 is 4.74 Å². The standard InChI is InChI=1S/C16H14F3NO3S/c17-11-3-1-4-12(9-11)23-13-7-8-20(10-13)24(21,22)15-6-2-5-14(18)16(15)19/h1-6,9,13H,7-8,10H2. The Kier molecular flexibility index (Phi) is 4.51. The van der Waals surface area contributed by atoms with Crippen LogP contribution in [0.5, 0.6) is 5.75 Å². The van der Waals surface area contributed by atoms with Crippen LogP contribution in [0, 0.1) is 17.5 Å². The third kappa shape index (κ3) is 3.25. The van der Waals surface area contributed by atoms with E-state index in [0.717, 1.165) is 22.5 Å². The van der Waals surface area contributed by atoms with E-state index in [-0.39, 0.29) is 18.8 Å². The third-order valence-corrected chi connectivity index (χ3v) is 5.62. The van der Waals surface area contributed by atoms with Gasteiger partial charge in [0.1, 0.15) is 22.6 Å². The van der Waals surface area contributed by atoms with Crippen molar-refractivity contribution in [3.8, 4) is 5.75 Å². The van der Waals surface area contributed by atoms with Gasteiger partial charge in [0.2, 0.25) is 10.0 Å². The summed E-state index contributed by atoms with van der Waals surface area (Å²) in [6, 6.07) is 8.53. The maximum atomic E-state index is 13.8. The molecule has 1 unspecified atom stereocenters. The Morgan fingerprint density at radius 3 is 2.58 bits per heavy atom. The van der Waals surface area contributed by atoms with Gasteiger partial charge in [-0.1, -0.05) is 12.1 Å². The molecule has 2 aromatic carbocycles. The molecule has 3 rings (SSSR count). The minimum absolute atomic E-state index is 0.0190. The average molecular weight is 357 g/mol. The minimum atomic E-state index is -4.16. The molecule has 8 heteroatoms. The van der Waals surface area contributed by atoms with Crippen LogP contribution in [-0.2, 0) is 10.0 Å². The fraction of sp³-hybridized carbons (Fsp3) is 0.250. The Morgan fingerprint density at radius 1 is 1.08 bits per heavy atom. The van der Waals surface area contributed by atoms with Crippen LogP contribution in [-0.4, -0.2) is 31.9 Å². The summed E-state index contributed by atoms with van der Waals surface area (Å²) in [4.78, 5) is -0.700. The van der Waals surface area contributed by atoms with E-state index in [0.29, 0.717) is 6.42 Å². The molecule has 0 saturated carbocycles. The molecular weight excluding hydrogens is 343 g/mol. The fourth-order valence-corrected chi connectivity index (χ4v) is 4.13. The number of halogens is 3. The van der Waals surface area contributed by atoms with Gasteiger partial charge in [-0.25, -0.2) is 21.6 Å². The molecule has 1 saturated heterocycles. The highest BCUT2D eigenvalue weighted by molar-refractivity contribution is 7.89. The summed E-state index contributed by atoms with van der Waals surface area (Å²) in [5, 5.41) is 0. The zero-order valence-electron chi connectivity index (χ0n) is 12.5. The van der Waals surface area contributed by atoms with Gasteiger partial charge < -0.3 is 4.74 Å². The lowest BCUT2D eigenvalue weighted by molar-refractivity contribution is 0.214. The maximum Gasteiger partial charge on any atom is 0.246 e. The fourth-order valence-electron chi connectivity index (χ4n) is 2.57. The first-order valence-corrected chi connectivity index (χ1v) is 8.68. The zero-order valence-corrected chi connectivity index (χ0v) is 13.3. The summed E-state index contributed by atoms with van der Waals surface area (Å²) in [5.41, 5.74) is 0. The van der Waals surface area contributed by atoms with Gasteiger partial charge in [-0.15, -0.1) is 0 Å². The van der Waals surface area contributed by atoms with Gasteiger partial charge in [-0.05, 0) is 30.7 Å². The van der Waals surface area contributed by atoms with Gasteiger partial charge in [0.05, 0.1) is 6.54 Å². The van der Waals surface area contributed by atoms with E-state index in [2.05, 4.69) is 0 Å². The lowest BCUT2D eigenvalue weighted by Gasteiger charge is -2.17. The molecule has 1 heterocycles. The van der Waals surface area contributed by atoms with Gasteiger partial charge in [-0.3, -0.25) is 0 Å². The number of rotatable bonds is 4. The molecule has 1 aliphatic rings. The van der Waals surface area contributed by atoms with Crippen molar-refractivity contribution in [3.63, 3.8) is 0 Å². The molecule has 2 aromatic rings. The molecule has 0 aliphatic carbocycles. The van der Waals surface area contributed by atoms with Gasteiger partial charge in [-0.2, -0.15) is 4.31 Å². The Balaban J connectivity index is 1.76. The quantitative estimate of drug-likeness (QED) is 0.845. The van der Waals surface area contributed by atoms with Crippen molar-refractivity contribution in [2.45, 2.75) is 17.4 Å². The maximum absolute atomic E-state index is 13.8. The smallest absolute Gasteiger partial charge is 0.246 e. The first kappa shape index (κ1) is 16.8. The number of sulfonamides is 1. The molecule has 1 atom stereocenters. The molecular formula is C16H14F3NO3S. The second kappa shape index (κ2) is 6.45. The Hall–Kier alpha value is -2.06. The van der Waals surface area contributed by atoms with Crippen molar-refractivity contribution in [1.82, 2.24) is 4.31 Å². The van der Waals surface area contributed by atoms with E-state index >= 15 is 0 Å².